The van der Waals surface area contributed by atoms with E-state index in [0.29, 0.717) is 6.54 Å². The number of rotatable bonds is 5. The van der Waals surface area contributed by atoms with Crippen LogP contribution in [0.2, 0.25) is 0 Å². The molecule has 2 aromatic rings. The summed E-state index contributed by atoms with van der Waals surface area (Å²) in [6.07, 6.45) is 2.05. The molecule has 0 radical (unpaired) electrons. The highest BCUT2D eigenvalue weighted by Crippen LogP contribution is 2.13. The summed E-state index contributed by atoms with van der Waals surface area (Å²) in [5.74, 6) is 0.0524. The number of nitrogens with zero attached hydrogens (tertiary/aromatic N) is 2. The minimum atomic E-state index is 0.0524. The molecule has 5 heteroatoms. The number of H-pyrrole nitrogens is 1. The number of nitrogens with one attached hydrogen (secondary N) is 1. The molecule has 0 fully saturated rings. The van der Waals surface area contributed by atoms with Gasteiger partial charge < -0.3 is 4.90 Å². The summed E-state index contributed by atoms with van der Waals surface area (Å²) in [6.45, 7) is 2.69. The quantitative estimate of drug-likeness (QED) is 0.901. The molecule has 0 saturated heterocycles. The molecule has 0 unspecified atom stereocenters. The topological polar surface area (TPSA) is 49.0 Å². The zero-order valence-electron chi connectivity index (χ0n) is 10.6. The lowest BCUT2D eigenvalue weighted by molar-refractivity contribution is 0.0788. The summed E-state index contributed by atoms with van der Waals surface area (Å²) >= 11 is 1.47. The van der Waals surface area contributed by atoms with Crippen molar-refractivity contribution in [1.82, 2.24) is 15.1 Å². The number of aromatic amines is 1. The Kier molecular flexibility index (Phi) is 4.15. The normalized spacial score (nSPS) is 10.6. The van der Waals surface area contributed by atoms with E-state index in [4.69, 9.17) is 0 Å². The molecule has 2 aromatic heterocycles. The largest absolute Gasteiger partial charge is 0.335 e. The van der Waals surface area contributed by atoms with E-state index in [-0.39, 0.29) is 5.91 Å². The number of hydrogen-bond acceptors (Lipinski definition) is 3. The van der Waals surface area contributed by atoms with Crippen molar-refractivity contribution in [2.75, 3.05) is 7.05 Å². The summed E-state index contributed by atoms with van der Waals surface area (Å²) in [5.41, 5.74) is 2.04. The Bertz CT molecular complexity index is 504. The van der Waals surface area contributed by atoms with Gasteiger partial charge in [-0.2, -0.15) is 5.10 Å². The first-order valence-corrected chi connectivity index (χ1v) is 6.90. The van der Waals surface area contributed by atoms with Gasteiger partial charge in [-0.15, -0.1) is 11.3 Å². The van der Waals surface area contributed by atoms with Crippen LogP contribution in [0.1, 0.15) is 34.4 Å². The van der Waals surface area contributed by atoms with Crippen molar-refractivity contribution >= 4 is 17.2 Å². The molecule has 0 aliphatic rings. The summed E-state index contributed by atoms with van der Waals surface area (Å²) in [5, 5.41) is 9.12. The predicted octanol–water partition coefficient (Wildman–Crippen LogP) is 2.70. The van der Waals surface area contributed by atoms with Gasteiger partial charge in [-0.05, 0) is 23.9 Å². The molecule has 2 rings (SSSR count). The molecule has 96 valence electrons. The fraction of sp³-hybridized carbons (Fsp3) is 0.385. The molecule has 0 spiro atoms. The van der Waals surface area contributed by atoms with E-state index >= 15 is 0 Å². The predicted molar refractivity (Wildman–Crippen MR) is 72.7 cm³/mol. The molecule has 4 nitrogen and oxygen atoms in total. The second-order valence-electron chi connectivity index (χ2n) is 4.27. The third-order valence-electron chi connectivity index (χ3n) is 2.68. The van der Waals surface area contributed by atoms with E-state index in [0.717, 1.165) is 29.1 Å². The molecule has 0 aromatic carbocycles. The maximum absolute atomic E-state index is 12.0. The molecule has 1 N–H and O–H groups in total. The molecule has 0 aliphatic heterocycles. The summed E-state index contributed by atoms with van der Waals surface area (Å²) in [4.78, 5) is 14.5. The fourth-order valence-corrected chi connectivity index (χ4v) is 2.51. The van der Waals surface area contributed by atoms with Crippen LogP contribution in [0.5, 0.6) is 0 Å². The van der Waals surface area contributed by atoms with Crippen LogP contribution in [0.25, 0.3) is 0 Å². The molecule has 0 aliphatic carbocycles. The average Bonchev–Trinajstić information content (AvgIpc) is 3.00. The van der Waals surface area contributed by atoms with Crippen molar-refractivity contribution in [2.24, 2.45) is 0 Å². The van der Waals surface area contributed by atoms with Crippen molar-refractivity contribution in [3.05, 3.63) is 39.8 Å². The van der Waals surface area contributed by atoms with Crippen LogP contribution in [0.3, 0.4) is 0 Å². The van der Waals surface area contributed by atoms with Gasteiger partial charge in [0, 0.05) is 7.05 Å². The van der Waals surface area contributed by atoms with Gasteiger partial charge >= 0.3 is 0 Å². The van der Waals surface area contributed by atoms with Gasteiger partial charge in [-0.1, -0.05) is 19.4 Å². The van der Waals surface area contributed by atoms with Crippen LogP contribution in [-0.4, -0.2) is 28.1 Å². The Morgan fingerprint density at radius 1 is 1.56 bits per heavy atom. The zero-order valence-corrected chi connectivity index (χ0v) is 11.5. The molecule has 1 amide bonds. The molecule has 2 heterocycles. The SMILES string of the molecule is CCCc1cc(CN(C)C(=O)c2cccs2)[nH]n1. The second-order valence-corrected chi connectivity index (χ2v) is 5.22. The van der Waals surface area contributed by atoms with Crippen LogP contribution in [0.4, 0.5) is 0 Å². The van der Waals surface area contributed by atoms with Crippen LogP contribution >= 0.6 is 11.3 Å². The van der Waals surface area contributed by atoms with Gasteiger partial charge in [0.25, 0.3) is 5.91 Å². The van der Waals surface area contributed by atoms with Crippen LogP contribution in [0, 0.1) is 0 Å². The van der Waals surface area contributed by atoms with Gasteiger partial charge in [0.15, 0.2) is 0 Å². The summed E-state index contributed by atoms with van der Waals surface area (Å²) < 4.78 is 0. The third kappa shape index (κ3) is 2.98. The summed E-state index contributed by atoms with van der Waals surface area (Å²) in [7, 11) is 1.81. The molecule has 0 saturated carbocycles. The standard InChI is InChI=1S/C13H17N3OS/c1-3-5-10-8-11(15-14-10)9-16(2)13(17)12-6-4-7-18-12/h4,6-8H,3,5,9H2,1-2H3,(H,14,15). The Hall–Kier alpha value is -1.62. The molecular formula is C13H17N3OS. The van der Waals surface area contributed by atoms with Crippen molar-refractivity contribution in [3.8, 4) is 0 Å². The van der Waals surface area contributed by atoms with E-state index in [1.807, 2.05) is 30.6 Å². The Morgan fingerprint density at radius 3 is 3.06 bits per heavy atom. The number of aryl methyl sites for hydroxylation is 1. The third-order valence-corrected chi connectivity index (χ3v) is 3.53. The highest BCUT2D eigenvalue weighted by atomic mass is 32.1. The zero-order chi connectivity index (χ0) is 13.0. The lowest BCUT2D eigenvalue weighted by Crippen LogP contribution is -2.25. The minimum absolute atomic E-state index is 0.0524. The van der Waals surface area contributed by atoms with Crippen LogP contribution in [0.15, 0.2) is 23.6 Å². The number of thiophene rings is 1. The maximum Gasteiger partial charge on any atom is 0.264 e. The number of aromatic nitrogens is 2. The van der Waals surface area contributed by atoms with E-state index in [2.05, 4.69) is 17.1 Å². The monoisotopic (exact) mass is 263 g/mol. The highest BCUT2D eigenvalue weighted by molar-refractivity contribution is 7.12. The number of carbonyl (C=O) groups is 1. The first-order chi connectivity index (χ1) is 8.70. The Morgan fingerprint density at radius 2 is 2.39 bits per heavy atom. The van der Waals surface area contributed by atoms with E-state index < -0.39 is 0 Å². The Labute approximate surface area is 111 Å². The smallest absolute Gasteiger partial charge is 0.264 e. The van der Waals surface area contributed by atoms with Crippen LogP contribution < -0.4 is 0 Å². The van der Waals surface area contributed by atoms with Gasteiger partial charge in [0.05, 0.1) is 22.8 Å². The molecule has 0 bridgehead atoms. The van der Waals surface area contributed by atoms with Crippen molar-refractivity contribution in [1.29, 1.82) is 0 Å². The number of hydrogen-bond donors (Lipinski definition) is 1. The van der Waals surface area contributed by atoms with Crippen molar-refractivity contribution < 1.29 is 4.79 Å². The molecular weight excluding hydrogens is 246 g/mol. The van der Waals surface area contributed by atoms with Crippen LogP contribution in [-0.2, 0) is 13.0 Å². The van der Waals surface area contributed by atoms with E-state index in [1.165, 1.54) is 11.3 Å². The number of carbonyl (C=O) groups excluding carboxylic acids is 1. The Balaban J connectivity index is 1.98. The number of amides is 1. The van der Waals surface area contributed by atoms with Gasteiger partial charge in [-0.25, -0.2) is 0 Å². The maximum atomic E-state index is 12.0. The lowest BCUT2D eigenvalue weighted by Gasteiger charge is -2.14. The van der Waals surface area contributed by atoms with E-state index in [1.54, 1.807) is 4.90 Å². The second kappa shape index (κ2) is 5.82. The first kappa shape index (κ1) is 12.8. The van der Waals surface area contributed by atoms with Gasteiger partial charge in [0.1, 0.15) is 0 Å². The fourth-order valence-electron chi connectivity index (χ4n) is 1.79. The summed E-state index contributed by atoms with van der Waals surface area (Å²) in [6, 6.07) is 5.77. The molecule has 0 atom stereocenters. The van der Waals surface area contributed by atoms with Gasteiger partial charge in [0.2, 0.25) is 0 Å². The average molecular weight is 263 g/mol. The first-order valence-electron chi connectivity index (χ1n) is 6.03. The lowest BCUT2D eigenvalue weighted by atomic mass is 10.2. The van der Waals surface area contributed by atoms with E-state index in [9.17, 15) is 4.79 Å². The minimum Gasteiger partial charge on any atom is -0.335 e. The van der Waals surface area contributed by atoms with Gasteiger partial charge in [-0.3, -0.25) is 9.89 Å². The van der Waals surface area contributed by atoms with Crippen molar-refractivity contribution in [3.63, 3.8) is 0 Å². The van der Waals surface area contributed by atoms with Crippen molar-refractivity contribution in [2.45, 2.75) is 26.3 Å². The highest BCUT2D eigenvalue weighted by Gasteiger charge is 2.13. The molecule has 18 heavy (non-hydrogen) atoms.